The largest absolute Gasteiger partial charge is 0.347 e. The van der Waals surface area contributed by atoms with E-state index < -0.39 is 0 Å². The number of hydrogen-bond donors (Lipinski definition) is 1. The molecule has 3 heterocycles. The van der Waals surface area contributed by atoms with E-state index in [0.29, 0.717) is 11.2 Å². The Morgan fingerprint density at radius 2 is 1.71 bits per heavy atom. The SMILES string of the molecule is O=Cc1ccc(-c2nc3ccn4c(=O)[nH]nc4c3cc2-c2ccccc2)cc1. The third-order valence-electron chi connectivity index (χ3n) is 4.78. The molecular formula is C22H14N4O2. The summed E-state index contributed by atoms with van der Waals surface area (Å²) in [5.74, 6) is 0. The van der Waals surface area contributed by atoms with Crippen LogP contribution < -0.4 is 5.69 Å². The van der Waals surface area contributed by atoms with Crippen LogP contribution in [0.3, 0.4) is 0 Å². The van der Waals surface area contributed by atoms with Crippen LogP contribution in [0.2, 0.25) is 0 Å². The number of aromatic nitrogens is 4. The summed E-state index contributed by atoms with van der Waals surface area (Å²) in [7, 11) is 0. The molecule has 0 aliphatic heterocycles. The monoisotopic (exact) mass is 366 g/mol. The average Bonchev–Trinajstić information content (AvgIpc) is 3.14. The molecule has 5 aromatic rings. The predicted octanol–water partition coefficient (Wildman–Crippen LogP) is 3.72. The Morgan fingerprint density at radius 3 is 2.46 bits per heavy atom. The van der Waals surface area contributed by atoms with E-state index >= 15 is 0 Å². The number of aldehydes is 1. The first kappa shape index (κ1) is 16.1. The van der Waals surface area contributed by atoms with E-state index in [2.05, 4.69) is 10.2 Å². The van der Waals surface area contributed by atoms with Crippen LogP contribution in [0.15, 0.2) is 77.7 Å². The zero-order chi connectivity index (χ0) is 19.1. The average molecular weight is 366 g/mol. The lowest BCUT2D eigenvalue weighted by Gasteiger charge is -2.12. The van der Waals surface area contributed by atoms with E-state index in [9.17, 15) is 9.59 Å². The lowest BCUT2D eigenvalue weighted by Crippen LogP contribution is -2.08. The normalized spacial score (nSPS) is 11.1. The molecule has 6 heteroatoms. The van der Waals surface area contributed by atoms with E-state index in [1.807, 2.05) is 48.5 Å². The Hall–Kier alpha value is -4.06. The van der Waals surface area contributed by atoms with Crippen molar-refractivity contribution in [3.05, 3.63) is 89.0 Å². The summed E-state index contributed by atoms with van der Waals surface area (Å²) in [4.78, 5) is 27.8. The van der Waals surface area contributed by atoms with Gasteiger partial charge in [-0.05, 0) is 17.7 Å². The number of benzene rings is 2. The fourth-order valence-corrected chi connectivity index (χ4v) is 3.39. The topological polar surface area (TPSA) is 80.1 Å². The molecule has 2 aromatic carbocycles. The Kier molecular flexibility index (Phi) is 3.62. The Morgan fingerprint density at radius 1 is 0.929 bits per heavy atom. The molecule has 6 nitrogen and oxygen atoms in total. The first-order valence-electron chi connectivity index (χ1n) is 8.76. The number of fused-ring (bicyclic) bond motifs is 3. The summed E-state index contributed by atoms with van der Waals surface area (Å²) in [5, 5.41) is 7.42. The van der Waals surface area contributed by atoms with Gasteiger partial charge in [-0.1, -0.05) is 54.6 Å². The van der Waals surface area contributed by atoms with Crippen molar-refractivity contribution in [3.63, 3.8) is 0 Å². The van der Waals surface area contributed by atoms with Crippen molar-refractivity contribution in [1.82, 2.24) is 19.6 Å². The maximum atomic E-state index is 11.9. The smallest absolute Gasteiger partial charge is 0.298 e. The van der Waals surface area contributed by atoms with Crippen molar-refractivity contribution in [2.24, 2.45) is 0 Å². The second-order valence-electron chi connectivity index (χ2n) is 6.46. The molecule has 5 rings (SSSR count). The molecule has 0 saturated heterocycles. The number of H-pyrrole nitrogens is 1. The van der Waals surface area contributed by atoms with Gasteiger partial charge in [-0.25, -0.2) is 19.3 Å². The molecule has 0 atom stereocenters. The van der Waals surface area contributed by atoms with E-state index in [1.165, 1.54) is 4.40 Å². The van der Waals surface area contributed by atoms with Crippen molar-refractivity contribution in [2.75, 3.05) is 0 Å². The van der Waals surface area contributed by atoms with Gasteiger partial charge >= 0.3 is 5.69 Å². The number of rotatable bonds is 3. The molecule has 0 radical (unpaired) electrons. The number of carbonyl (C=O) groups excluding carboxylic acids is 1. The summed E-state index contributed by atoms with van der Waals surface area (Å²) in [6.45, 7) is 0. The van der Waals surface area contributed by atoms with Crippen LogP contribution >= 0.6 is 0 Å². The van der Waals surface area contributed by atoms with Crippen LogP contribution in [0.5, 0.6) is 0 Å². The van der Waals surface area contributed by atoms with Crippen LogP contribution in [-0.2, 0) is 0 Å². The van der Waals surface area contributed by atoms with Gasteiger partial charge in [0.05, 0.1) is 11.2 Å². The lowest BCUT2D eigenvalue weighted by molar-refractivity contribution is 0.112. The Balaban J connectivity index is 1.85. The number of nitrogens with one attached hydrogen (secondary N) is 1. The van der Waals surface area contributed by atoms with Crippen LogP contribution in [-0.4, -0.2) is 25.9 Å². The third kappa shape index (κ3) is 2.51. The minimum absolute atomic E-state index is 0.285. The predicted molar refractivity (Wildman–Crippen MR) is 107 cm³/mol. The lowest BCUT2D eigenvalue weighted by atomic mass is 9.97. The molecule has 0 unspecified atom stereocenters. The van der Waals surface area contributed by atoms with Crippen LogP contribution in [0.4, 0.5) is 0 Å². The van der Waals surface area contributed by atoms with Crippen molar-refractivity contribution in [3.8, 4) is 22.4 Å². The van der Waals surface area contributed by atoms with Crippen molar-refractivity contribution < 1.29 is 4.79 Å². The maximum absolute atomic E-state index is 11.9. The molecule has 1 N–H and O–H groups in total. The second-order valence-corrected chi connectivity index (χ2v) is 6.46. The van der Waals surface area contributed by atoms with Crippen molar-refractivity contribution >= 4 is 22.8 Å². The molecule has 0 saturated carbocycles. The van der Waals surface area contributed by atoms with Gasteiger partial charge in [-0.3, -0.25) is 4.79 Å². The van der Waals surface area contributed by atoms with Gasteiger partial charge in [0.1, 0.15) is 6.29 Å². The molecule has 0 fully saturated rings. The molecule has 28 heavy (non-hydrogen) atoms. The van der Waals surface area contributed by atoms with Gasteiger partial charge in [0.2, 0.25) is 0 Å². The third-order valence-corrected chi connectivity index (χ3v) is 4.78. The zero-order valence-electron chi connectivity index (χ0n) is 14.7. The van der Waals surface area contributed by atoms with Gasteiger partial charge in [0.15, 0.2) is 5.65 Å². The van der Waals surface area contributed by atoms with Crippen LogP contribution in [0.1, 0.15) is 10.4 Å². The quantitative estimate of drug-likeness (QED) is 0.494. The van der Waals surface area contributed by atoms with Gasteiger partial charge in [0, 0.05) is 28.3 Å². The van der Waals surface area contributed by atoms with Gasteiger partial charge in [-0.2, -0.15) is 5.10 Å². The summed E-state index contributed by atoms with van der Waals surface area (Å²) >= 11 is 0. The minimum atomic E-state index is -0.285. The van der Waals surface area contributed by atoms with Crippen LogP contribution in [0.25, 0.3) is 38.9 Å². The summed E-state index contributed by atoms with van der Waals surface area (Å²) < 4.78 is 1.47. The van der Waals surface area contributed by atoms with Gasteiger partial charge in [-0.15, -0.1) is 0 Å². The molecule has 0 bridgehead atoms. The fraction of sp³-hybridized carbons (Fsp3) is 0. The van der Waals surface area contributed by atoms with E-state index in [4.69, 9.17) is 4.98 Å². The molecule has 0 aliphatic rings. The number of pyridine rings is 2. The van der Waals surface area contributed by atoms with E-state index in [-0.39, 0.29) is 5.69 Å². The van der Waals surface area contributed by atoms with E-state index in [1.54, 1.807) is 24.4 Å². The Bertz CT molecular complexity index is 1380. The highest BCUT2D eigenvalue weighted by atomic mass is 16.1. The van der Waals surface area contributed by atoms with Crippen molar-refractivity contribution in [2.45, 2.75) is 0 Å². The summed E-state index contributed by atoms with van der Waals surface area (Å²) in [6, 6.07) is 21.1. The second kappa shape index (κ2) is 6.28. The standard InChI is InChI=1S/C22H14N4O2/c27-13-14-6-8-16(9-7-14)20-17(15-4-2-1-3-5-15)12-18-19(23-20)10-11-26-21(18)24-25-22(26)28/h1-13H,(H,25,28). The fourth-order valence-electron chi connectivity index (χ4n) is 3.39. The molecule has 134 valence electrons. The molecule has 0 aliphatic carbocycles. The van der Waals surface area contributed by atoms with Gasteiger partial charge in [0.25, 0.3) is 0 Å². The van der Waals surface area contributed by atoms with Crippen LogP contribution in [0, 0.1) is 0 Å². The minimum Gasteiger partial charge on any atom is -0.298 e. The highest BCUT2D eigenvalue weighted by Gasteiger charge is 2.14. The summed E-state index contributed by atoms with van der Waals surface area (Å²) in [6.07, 6.45) is 2.49. The van der Waals surface area contributed by atoms with E-state index in [0.717, 1.165) is 39.6 Å². The number of nitrogens with zero attached hydrogens (tertiary/aromatic N) is 3. The first-order valence-corrected chi connectivity index (χ1v) is 8.76. The highest BCUT2D eigenvalue weighted by molar-refractivity contribution is 5.98. The molecule has 3 aromatic heterocycles. The first-order chi connectivity index (χ1) is 13.7. The number of carbonyl (C=O) groups is 1. The summed E-state index contributed by atoms with van der Waals surface area (Å²) in [5.41, 5.74) is 5.25. The zero-order valence-corrected chi connectivity index (χ0v) is 14.7. The molecule has 0 spiro atoms. The molecule has 0 amide bonds. The molecular weight excluding hydrogens is 352 g/mol. The number of hydrogen-bond acceptors (Lipinski definition) is 4. The highest BCUT2D eigenvalue weighted by Crippen LogP contribution is 2.34. The van der Waals surface area contributed by atoms with Gasteiger partial charge < -0.3 is 0 Å². The number of aromatic amines is 1. The van der Waals surface area contributed by atoms with Crippen molar-refractivity contribution in [1.29, 1.82) is 0 Å². The Labute approximate surface area is 159 Å². The maximum Gasteiger partial charge on any atom is 0.347 e.